The van der Waals surface area contributed by atoms with Crippen LogP contribution in [-0.4, -0.2) is 20.8 Å². The molecule has 0 saturated heterocycles. The third-order valence-electron chi connectivity index (χ3n) is 3.05. The molecular formula is C21H22N3OY-. The van der Waals surface area contributed by atoms with Gasteiger partial charge in [0.05, 0.1) is 12.7 Å². The Morgan fingerprint density at radius 1 is 1.00 bits per heavy atom. The Morgan fingerprint density at radius 3 is 2.19 bits per heavy atom. The van der Waals surface area contributed by atoms with E-state index in [4.69, 9.17) is 0 Å². The van der Waals surface area contributed by atoms with Gasteiger partial charge in [-0.3, -0.25) is 4.79 Å². The summed E-state index contributed by atoms with van der Waals surface area (Å²) < 4.78 is 1.63. The molecule has 131 valence electrons. The molecule has 26 heavy (non-hydrogen) atoms. The fraction of sp³-hybridized carbons (Fsp3) is 0.143. The smallest absolute Gasteiger partial charge is 0.258 e. The van der Waals surface area contributed by atoms with E-state index >= 15 is 0 Å². The number of aromatic nitrogens is 3. The van der Waals surface area contributed by atoms with Crippen LogP contribution in [0, 0.1) is 19.3 Å². The number of carbonyl (C=O) groups excluding carboxylic acids is 1. The van der Waals surface area contributed by atoms with Crippen molar-refractivity contribution in [3.8, 4) is 11.8 Å². The van der Waals surface area contributed by atoms with Gasteiger partial charge in [0.15, 0.2) is 5.69 Å². The number of carbonyl (C=O) groups is 1. The van der Waals surface area contributed by atoms with Gasteiger partial charge in [-0.05, 0) is 23.6 Å². The second-order valence-electron chi connectivity index (χ2n) is 4.73. The number of Topliss-reactive ketones (excluding diaryl/α,β-unsaturated/α-hetero) is 1. The first-order chi connectivity index (χ1) is 11.8. The van der Waals surface area contributed by atoms with Crippen LogP contribution in [0.3, 0.4) is 0 Å². The van der Waals surface area contributed by atoms with Crippen molar-refractivity contribution in [1.29, 1.82) is 0 Å². The van der Waals surface area contributed by atoms with Crippen LogP contribution in [0.1, 0.15) is 35.5 Å². The summed E-state index contributed by atoms with van der Waals surface area (Å²) in [6, 6.07) is 19.2. The predicted octanol–water partition coefficient (Wildman–Crippen LogP) is 4.03. The monoisotopic (exact) mass is 421 g/mol. The van der Waals surface area contributed by atoms with Crippen molar-refractivity contribution in [3.63, 3.8) is 0 Å². The maximum absolute atomic E-state index is 12.0. The molecule has 0 atom stereocenters. The van der Waals surface area contributed by atoms with Gasteiger partial charge < -0.3 is 7.43 Å². The number of rotatable bonds is 3. The van der Waals surface area contributed by atoms with Crippen LogP contribution in [0.15, 0.2) is 66.9 Å². The first-order valence-corrected chi connectivity index (χ1v) is 7.87. The van der Waals surface area contributed by atoms with Gasteiger partial charge in [-0.2, -0.15) is 0 Å². The normalized spacial score (nSPS) is 8.54. The fourth-order valence-electron chi connectivity index (χ4n) is 1.96. The van der Waals surface area contributed by atoms with E-state index in [0.29, 0.717) is 6.54 Å². The summed E-state index contributed by atoms with van der Waals surface area (Å²) in [4.78, 5) is 12.0. The zero-order valence-corrected chi connectivity index (χ0v) is 18.2. The van der Waals surface area contributed by atoms with Crippen LogP contribution < -0.4 is 0 Å². The third-order valence-corrected chi connectivity index (χ3v) is 3.05. The number of ketones is 1. The molecule has 1 heterocycles. The zero-order chi connectivity index (χ0) is 17.2. The molecule has 0 amide bonds. The Morgan fingerprint density at radius 2 is 1.58 bits per heavy atom. The summed E-state index contributed by atoms with van der Waals surface area (Å²) in [6.07, 6.45) is 1.62. The summed E-state index contributed by atoms with van der Waals surface area (Å²) >= 11 is 0. The minimum absolute atomic E-state index is 0. The summed E-state index contributed by atoms with van der Waals surface area (Å²) in [6.45, 7) is 4.58. The topological polar surface area (TPSA) is 47.8 Å². The van der Waals surface area contributed by atoms with Gasteiger partial charge >= 0.3 is 0 Å². The summed E-state index contributed by atoms with van der Waals surface area (Å²) in [5.41, 5.74) is 2.16. The van der Waals surface area contributed by atoms with Crippen LogP contribution in [0.25, 0.3) is 0 Å². The molecule has 0 bridgehead atoms. The molecule has 4 nitrogen and oxygen atoms in total. The van der Waals surface area contributed by atoms with E-state index in [1.165, 1.54) is 0 Å². The predicted molar refractivity (Wildman–Crippen MR) is 101 cm³/mol. The Hall–Kier alpha value is -2.09. The molecule has 1 radical (unpaired) electrons. The van der Waals surface area contributed by atoms with Crippen molar-refractivity contribution < 1.29 is 37.5 Å². The van der Waals surface area contributed by atoms with Crippen molar-refractivity contribution in [1.82, 2.24) is 15.0 Å². The molecule has 3 aromatic rings. The molecule has 5 heteroatoms. The van der Waals surface area contributed by atoms with Crippen molar-refractivity contribution in [2.24, 2.45) is 0 Å². The van der Waals surface area contributed by atoms with Gasteiger partial charge in [-0.15, -0.1) is 5.10 Å². The average Bonchev–Trinajstić information content (AvgIpc) is 3.12. The molecule has 0 saturated carbocycles. The SMILES string of the molecule is CC.O=C(C#Cc1ccccc1)c1cn(Cc2ccccc2)nn1.[CH3-].[Y]. The third kappa shape index (κ3) is 7.43. The molecule has 2 aromatic carbocycles. The van der Waals surface area contributed by atoms with Crippen molar-refractivity contribution in [3.05, 3.63) is 91.1 Å². The van der Waals surface area contributed by atoms with E-state index in [2.05, 4.69) is 22.2 Å². The molecule has 1 aromatic heterocycles. The molecule has 0 aliphatic heterocycles. The van der Waals surface area contributed by atoms with Gasteiger partial charge in [0.2, 0.25) is 0 Å². The van der Waals surface area contributed by atoms with Gasteiger partial charge in [0.25, 0.3) is 5.78 Å². The van der Waals surface area contributed by atoms with Gasteiger partial charge in [0, 0.05) is 38.3 Å². The summed E-state index contributed by atoms with van der Waals surface area (Å²) in [7, 11) is 0. The average molecular weight is 421 g/mol. The second kappa shape index (κ2) is 13.2. The van der Waals surface area contributed by atoms with Crippen LogP contribution >= 0.6 is 0 Å². The van der Waals surface area contributed by atoms with E-state index in [1.807, 2.05) is 74.5 Å². The Balaban J connectivity index is 0.00000151. The largest absolute Gasteiger partial charge is 0.358 e. The first kappa shape index (κ1) is 23.9. The van der Waals surface area contributed by atoms with E-state index in [-0.39, 0.29) is 51.6 Å². The Bertz CT molecular complexity index is 834. The number of benzene rings is 2. The fourth-order valence-corrected chi connectivity index (χ4v) is 1.96. The maximum atomic E-state index is 12.0. The van der Waals surface area contributed by atoms with Gasteiger partial charge in [-0.1, -0.05) is 73.5 Å². The van der Waals surface area contributed by atoms with Gasteiger partial charge in [0.1, 0.15) is 0 Å². The van der Waals surface area contributed by atoms with Crippen LogP contribution in [0.2, 0.25) is 0 Å². The van der Waals surface area contributed by atoms with Crippen LogP contribution in [-0.2, 0) is 39.3 Å². The van der Waals surface area contributed by atoms with E-state index in [1.54, 1.807) is 10.9 Å². The quantitative estimate of drug-likeness (QED) is 0.365. The first-order valence-electron chi connectivity index (χ1n) is 7.87. The molecule has 0 aliphatic carbocycles. The number of hydrogen-bond donors (Lipinski definition) is 0. The second-order valence-corrected chi connectivity index (χ2v) is 4.73. The molecular weight excluding hydrogens is 399 g/mol. The number of hydrogen-bond acceptors (Lipinski definition) is 3. The summed E-state index contributed by atoms with van der Waals surface area (Å²) in [5, 5.41) is 7.85. The zero-order valence-electron chi connectivity index (χ0n) is 15.4. The molecule has 0 spiro atoms. The van der Waals surface area contributed by atoms with E-state index in [9.17, 15) is 4.79 Å². The minimum Gasteiger partial charge on any atom is -0.358 e. The van der Waals surface area contributed by atoms with Crippen LogP contribution in [0.4, 0.5) is 0 Å². The molecule has 0 N–H and O–H groups in total. The standard InChI is InChI=1S/C18H13N3O.C2H6.CH3.Y/c22-18(12-11-15-7-3-1-4-8-15)17-14-21(20-19-17)13-16-9-5-2-6-10-16;1-2;;/h1-10,14H,13H2;1-2H3;1H3;/q;;-1;. The molecule has 0 fully saturated rings. The van der Waals surface area contributed by atoms with Crippen LogP contribution in [0.5, 0.6) is 0 Å². The minimum atomic E-state index is -0.330. The van der Waals surface area contributed by atoms with Crippen molar-refractivity contribution >= 4 is 5.78 Å². The number of nitrogens with zero attached hydrogens (tertiary/aromatic N) is 3. The Kier molecular flexibility index (Phi) is 12.1. The summed E-state index contributed by atoms with van der Waals surface area (Å²) in [5.74, 6) is 5.08. The molecule has 3 rings (SSSR count). The van der Waals surface area contributed by atoms with E-state index in [0.717, 1.165) is 11.1 Å². The van der Waals surface area contributed by atoms with Crippen molar-refractivity contribution in [2.45, 2.75) is 20.4 Å². The van der Waals surface area contributed by atoms with Crippen molar-refractivity contribution in [2.75, 3.05) is 0 Å². The van der Waals surface area contributed by atoms with E-state index < -0.39 is 0 Å². The molecule has 0 unspecified atom stereocenters. The maximum Gasteiger partial charge on any atom is 0.258 e. The van der Waals surface area contributed by atoms with Gasteiger partial charge in [-0.25, -0.2) is 4.68 Å². The Labute approximate surface area is 180 Å². The molecule has 0 aliphatic rings.